The van der Waals surface area contributed by atoms with Crippen molar-refractivity contribution in [3.05, 3.63) is 0 Å². The average Bonchev–Trinajstić information content (AvgIpc) is 2.11. The van der Waals surface area contributed by atoms with Crippen molar-refractivity contribution in [1.29, 1.82) is 0 Å². The molecule has 0 aliphatic heterocycles. The molecule has 0 nitrogen and oxygen atoms in total. The SMILES string of the molecule is CC(C)C1CC[C@H](C)C[C@H](F)C1. The lowest BCUT2D eigenvalue weighted by Gasteiger charge is -2.18. The van der Waals surface area contributed by atoms with Crippen LogP contribution in [0.25, 0.3) is 0 Å². The summed E-state index contributed by atoms with van der Waals surface area (Å²) in [6, 6.07) is 0. The van der Waals surface area contributed by atoms with Crippen LogP contribution in [0.3, 0.4) is 0 Å². The first-order chi connectivity index (χ1) is 5.59. The van der Waals surface area contributed by atoms with Crippen molar-refractivity contribution in [3.63, 3.8) is 0 Å². The van der Waals surface area contributed by atoms with Gasteiger partial charge in [-0.15, -0.1) is 0 Å². The molecule has 1 aliphatic rings. The zero-order valence-electron chi connectivity index (χ0n) is 8.52. The molecule has 0 aromatic rings. The predicted molar refractivity (Wildman–Crippen MR) is 50.9 cm³/mol. The second-order valence-corrected chi connectivity index (χ2v) is 4.76. The molecule has 1 rings (SSSR count). The van der Waals surface area contributed by atoms with Crippen LogP contribution in [0, 0.1) is 17.8 Å². The van der Waals surface area contributed by atoms with Gasteiger partial charge in [-0.2, -0.15) is 0 Å². The number of hydrogen-bond acceptors (Lipinski definition) is 0. The van der Waals surface area contributed by atoms with Crippen LogP contribution in [-0.4, -0.2) is 6.17 Å². The average molecular weight is 172 g/mol. The maximum Gasteiger partial charge on any atom is 0.101 e. The maximum absolute atomic E-state index is 13.3. The molecule has 1 heteroatoms. The van der Waals surface area contributed by atoms with Gasteiger partial charge in [-0.3, -0.25) is 0 Å². The summed E-state index contributed by atoms with van der Waals surface area (Å²) in [5, 5.41) is 0. The van der Waals surface area contributed by atoms with Crippen LogP contribution in [0.1, 0.15) is 46.5 Å². The van der Waals surface area contributed by atoms with Gasteiger partial charge in [0.15, 0.2) is 0 Å². The summed E-state index contributed by atoms with van der Waals surface area (Å²) in [6.07, 6.45) is 3.53. The summed E-state index contributed by atoms with van der Waals surface area (Å²) in [6.45, 7) is 6.61. The van der Waals surface area contributed by atoms with E-state index in [9.17, 15) is 4.39 Å². The Morgan fingerprint density at radius 2 is 1.83 bits per heavy atom. The van der Waals surface area contributed by atoms with Gasteiger partial charge in [-0.05, 0) is 37.0 Å². The van der Waals surface area contributed by atoms with Crippen molar-refractivity contribution < 1.29 is 4.39 Å². The number of alkyl halides is 1. The molecular weight excluding hydrogens is 151 g/mol. The Hall–Kier alpha value is -0.0700. The van der Waals surface area contributed by atoms with Crippen molar-refractivity contribution in [2.24, 2.45) is 17.8 Å². The minimum atomic E-state index is -0.533. The first kappa shape index (κ1) is 10.0. The Morgan fingerprint density at radius 1 is 1.17 bits per heavy atom. The first-order valence-corrected chi connectivity index (χ1v) is 5.23. The van der Waals surface area contributed by atoms with Crippen LogP contribution in [0.15, 0.2) is 0 Å². The zero-order valence-corrected chi connectivity index (χ0v) is 8.52. The molecule has 12 heavy (non-hydrogen) atoms. The lowest BCUT2D eigenvalue weighted by molar-refractivity contribution is 0.230. The van der Waals surface area contributed by atoms with Crippen molar-refractivity contribution >= 4 is 0 Å². The minimum absolute atomic E-state index is 0.533. The molecule has 0 aromatic carbocycles. The van der Waals surface area contributed by atoms with E-state index in [2.05, 4.69) is 20.8 Å². The van der Waals surface area contributed by atoms with E-state index < -0.39 is 6.17 Å². The van der Waals surface area contributed by atoms with E-state index in [-0.39, 0.29) is 0 Å². The lowest BCUT2D eigenvalue weighted by atomic mass is 9.88. The third-order valence-corrected chi connectivity index (χ3v) is 3.19. The highest BCUT2D eigenvalue weighted by molar-refractivity contribution is 4.75. The Balaban J connectivity index is 2.46. The summed E-state index contributed by atoms with van der Waals surface area (Å²) in [5.74, 6) is 1.89. The third kappa shape index (κ3) is 2.76. The van der Waals surface area contributed by atoms with Crippen molar-refractivity contribution in [2.45, 2.75) is 52.6 Å². The molecule has 0 N–H and O–H groups in total. The molecule has 0 bridgehead atoms. The smallest absolute Gasteiger partial charge is 0.101 e. The predicted octanol–water partition coefficient (Wildman–Crippen LogP) is 3.81. The topological polar surface area (TPSA) is 0 Å². The van der Waals surface area contributed by atoms with E-state index in [0.29, 0.717) is 17.8 Å². The van der Waals surface area contributed by atoms with Gasteiger partial charge in [-0.1, -0.05) is 27.2 Å². The molecule has 0 spiro atoms. The van der Waals surface area contributed by atoms with E-state index in [0.717, 1.165) is 12.8 Å². The molecule has 1 saturated carbocycles. The maximum atomic E-state index is 13.3. The minimum Gasteiger partial charge on any atom is -0.247 e. The van der Waals surface area contributed by atoms with Crippen LogP contribution in [0.2, 0.25) is 0 Å². The normalized spacial score (nSPS) is 38.2. The van der Waals surface area contributed by atoms with Gasteiger partial charge in [-0.25, -0.2) is 4.39 Å². The highest BCUT2D eigenvalue weighted by Crippen LogP contribution is 2.32. The molecule has 0 saturated heterocycles. The summed E-state index contributed by atoms with van der Waals surface area (Å²) in [4.78, 5) is 0. The standard InChI is InChI=1S/C11H21F/c1-8(2)10-5-4-9(3)6-11(12)7-10/h8-11H,4-7H2,1-3H3/t9-,10?,11-/m0/s1. The Kier molecular flexibility index (Phi) is 3.54. The highest BCUT2D eigenvalue weighted by atomic mass is 19.1. The van der Waals surface area contributed by atoms with Gasteiger partial charge in [0, 0.05) is 0 Å². The number of hydrogen-bond donors (Lipinski definition) is 0. The van der Waals surface area contributed by atoms with E-state index in [1.165, 1.54) is 12.8 Å². The second-order valence-electron chi connectivity index (χ2n) is 4.76. The molecule has 1 fully saturated rings. The van der Waals surface area contributed by atoms with Crippen molar-refractivity contribution in [1.82, 2.24) is 0 Å². The second kappa shape index (κ2) is 4.25. The van der Waals surface area contributed by atoms with Gasteiger partial charge in [0.05, 0.1) is 0 Å². The fraction of sp³-hybridized carbons (Fsp3) is 1.00. The lowest BCUT2D eigenvalue weighted by Crippen LogP contribution is -2.12. The Morgan fingerprint density at radius 3 is 2.42 bits per heavy atom. The Labute approximate surface area is 75.5 Å². The van der Waals surface area contributed by atoms with Crippen LogP contribution >= 0.6 is 0 Å². The molecule has 0 amide bonds. The van der Waals surface area contributed by atoms with Crippen LogP contribution in [-0.2, 0) is 0 Å². The van der Waals surface area contributed by atoms with E-state index in [1.807, 2.05) is 0 Å². The summed E-state index contributed by atoms with van der Waals surface area (Å²) < 4.78 is 13.3. The largest absolute Gasteiger partial charge is 0.247 e. The molecule has 0 aromatic heterocycles. The van der Waals surface area contributed by atoms with Gasteiger partial charge in [0.2, 0.25) is 0 Å². The van der Waals surface area contributed by atoms with Gasteiger partial charge in [0.25, 0.3) is 0 Å². The van der Waals surface area contributed by atoms with E-state index in [1.54, 1.807) is 0 Å². The van der Waals surface area contributed by atoms with Crippen LogP contribution < -0.4 is 0 Å². The Bertz CT molecular complexity index is 131. The summed E-state index contributed by atoms with van der Waals surface area (Å²) in [7, 11) is 0. The van der Waals surface area contributed by atoms with Gasteiger partial charge < -0.3 is 0 Å². The van der Waals surface area contributed by atoms with Crippen molar-refractivity contribution in [3.8, 4) is 0 Å². The third-order valence-electron chi connectivity index (χ3n) is 3.19. The van der Waals surface area contributed by atoms with E-state index in [4.69, 9.17) is 0 Å². The quantitative estimate of drug-likeness (QED) is 0.528. The van der Waals surface area contributed by atoms with E-state index >= 15 is 0 Å². The molecule has 1 aliphatic carbocycles. The van der Waals surface area contributed by atoms with Crippen LogP contribution in [0.4, 0.5) is 4.39 Å². The molecule has 0 heterocycles. The number of halogens is 1. The van der Waals surface area contributed by atoms with Crippen molar-refractivity contribution in [2.75, 3.05) is 0 Å². The molecule has 1 unspecified atom stereocenters. The van der Waals surface area contributed by atoms with Gasteiger partial charge >= 0.3 is 0 Å². The summed E-state index contributed by atoms with van der Waals surface area (Å²) >= 11 is 0. The van der Waals surface area contributed by atoms with Gasteiger partial charge in [0.1, 0.15) is 6.17 Å². The molecule has 0 radical (unpaired) electrons. The zero-order chi connectivity index (χ0) is 9.14. The fourth-order valence-corrected chi connectivity index (χ4v) is 2.20. The fourth-order valence-electron chi connectivity index (χ4n) is 2.20. The monoisotopic (exact) mass is 172 g/mol. The molecule has 72 valence electrons. The number of rotatable bonds is 1. The highest BCUT2D eigenvalue weighted by Gasteiger charge is 2.24. The molecular formula is C11H21F. The first-order valence-electron chi connectivity index (χ1n) is 5.23. The summed E-state index contributed by atoms with van der Waals surface area (Å²) in [5.41, 5.74) is 0. The molecule has 3 atom stereocenters. The van der Waals surface area contributed by atoms with Crippen LogP contribution in [0.5, 0.6) is 0 Å².